The van der Waals surface area contributed by atoms with Crippen molar-refractivity contribution < 1.29 is 19.1 Å². The summed E-state index contributed by atoms with van der Waals surface area (Å²) in [5.41, 5.74) is 0.742. The van der Waals surface area contributed by atoms with E-state index in [0.717, 1.165) is 5.56 Å². The molecule has 1 aliphatic rings. The minimum atomic E-state index is -0.796. The van der Waals surface area contributed by atoms with Crippen LogP contribution in [0.5, 0.6) is 0 Å². The number of benzene rings is 1. The molecule has 0 bridgehead atoms. The molecule has 0 aromatic heterocycles. The van der Waals surface area contributed by atoms with Crippen LogP contribution in [-0.4, -0.2) is 23.0 Å². The number of carboxylic acids is 1. The van der Waals surface area contributed by atoms with Gasteiger partial charge in [0.2, 0.25) is 5.91 Å². The second kappa shape index (κ2) is 5.82. The van der Waals surface area contributed by atoms with Crippen LogP contribution in [0, 0.1) is 11.7 Å². The molecule has 19 heavy (non-hydrogen) atoms. The molecule has 0 spiro atoms. The van der Waals surface area contributed by atoms with Crippen LogP contribution >= 0.6 is 0 Å². The number of carbonyl (C=O) groups excluding carboxylic acids is 1. The van der Waals surface area contributed by atoms with Crippen LogP contribution in [0.1, 0.15) is 24.8 Å². The molecule has 2 N–H and O–H groups in total. The molecular weight excluding hydrogens is 249 g/mol. The molecule has 1 aliphatic carbocycles. The quantitative estimate of drug-likeness (QED) is 0.871. The first-order valence-corrected chi connectivity index (χ1v) is 6.31. The van der Waals surface area contributed by atoms with Gasteiger partial charge in [0.15, 0.2) is 0 Å². The van der Waals surface area contributed by atoms with Gasteiger partial charge in [-0.2, -0.15) is 0 Å². The third-order valence-electron chi connectivity index (χ3n) is 3.42. The van der Waals surface area contributed by atoms with E-state index in [1.807, 2.05) is 0 Å². The number of rotatable bonds is 4. The summed E-state index contributed by atoms with van der Waals surface area (Å²) in [5.74, 6) is -1.63. The Hall–Kier alpha value is -1.91. The Kier molecular flexibility index (Phi) is 4.14. The highest BCUT2D eigenvalue weighted by atomic mass is 19.1. The first-order chi connectivity index (χ1) is 9.04. The van der Waals surface area contributed by atoms with Crippen LogP contribution in [0.3, 0.4) is 0 Å². The molecule has 5 heteroatoms. The molecule has 2 rings (SSSR count). The van der Waals surface area contributed by atoms with Gasteiger partial charge in [0.1, 0.15) is 5.82 Å². The van der Waals surface area contributed by atoms with Crippen molar-refractivity contribution in [2.75, 3.05) is 0 Å². The van der Waals surface area contributed by atoms with Crippen molar-refractivity contribution in [2.45, 2.75) is 31.7 Å². The monoisotopic (exact) mass is 265 g/mol. The summed E-state index contributed by atoms with van der Waals surface area (Å²) in [5, 5.41) is 11.7. The Morgan fingerprint density at radius 1 is 1.26 bits per heavy atom. The van der Waals surface area contributed by atoms with E-state index in [0.29, 0.717) is 19.3 Å². The highest BCUT2D eigenvalue weighted by Crippen LogP contribution is 2.25. The number of hydrogen-bond acceptors (Lipinski definition) is 2. The molecular formula is C14H16FNO3. The standard InChI is InChI=1S/C14H16FNO3/c15-11-4-1-9(2-5-11)7-13(17)16-12-6-3-10(8-12)14(18)19/h1-2,4-5,10,12H,3,6-8H2,(H,16,17)(H,18,19). The molecule has 0 saturated heterocycles. The number of amides is 1. The Labute approximate surface area is 110 Å². The Bertz CT molecular complexity index is 472. The lowest BCUT2D eigenvalue weighted by molar-refractivity contribution is -0.141. The zero-order chi connectivity index (χ0) is 13.8. The summed E-state index contributed by atoms with van der Waals surface area (Å²) >= 11 is 0. The fourth-order valence-electron chi connectivity index (χ4n) is 2.40. The second-order valence-corrected chi connectivity index (χ2v) is 4.92. The second-order valence-electron chi connectivity index (χ2n) is 4.92. The summed E-state index contributed by atoms with van der Waals surface area (Å²) in [6.45, 7) is 0. The van der Waals surface area contributed by atoms with Crippen molar-refractivity contribution in [2.24, 2.45) is 5.92 Å². The highest BCUT2D eigenvalue weighted by Gasteiger charge is 2.30. The van der Waals surface area contributed by atoms with E-state index < -0.39 is 5.97 Å². The van der Waals surface area contributed by atoms with Crippen LogP contribution in [0.2, 0.25) is 0 Å². The summed E-state index contributed by atoms with van der Waals surface area (Å²) in [7, 11) is 0. The maximum Gasteiger partial charge on any atom is 0.306 e. The average molecular weight is 265 g/mol. The molecule has 102 valence electrons. The molecule has 1 saturated carbocycles. The van der Waals surface area contributed by atoms with Crippen LogP contribution in [0.25, 0.3) is 0 Å². The van der Waals surface area contributed by atoms with Crippen LogP contribution in [-0.2, 0) is 16.0 Å². The van der Waals surface area contributed by atoms with Gasteiger partial charge in [0.25, 0.3) is 0 Å². The number of aliphatic carboxylic acids is 1. The lowest BCUT2D eigenvalue weighted by Gasteiger charge is -2.12. The van der Waals surface area contributed by atoms with E-state index in [1.165, 1.54) is 12.1 Å². The van der Waals surface area contributed by atoms with E-state index in [-0.39, 0.29) is 30.1 Å². The largest absolute Gasteiger partial charge is 0.481 e. The van der Waals surface area contributed by atoms with Gasteiger partial charge >= 0.3 is 5.97 Å². The molecule has 1 aromatic rings. The van der Waals surface area contributed by atoms with E-state index in [4.69, 9.17) is 5.11 Å². The van der Waals surface area contributed by atoms with Crippen molar-refractivity contribution >= 4 is 11.9 Å². The van der Waals surface area contributed by atoms with Crippen LogP contribution < -0.4 is 5.32 Å². The average Bonchev–Trinajstić information content (AvgIpc) is 2.80. The molecule has 1 amide bonds. The fourth-order valence-corrected chi connectivity index (χ4v) is 2.40. The third-order valence-corrected chi connectivity index (χ3v) is 3.42. The maximum atomic E-state index is 12.7. The third kappa shape index (κ3) is 3.77. The fraction of sp³-hybridized carbons (Fsp3) is 0.429. The van der Waals surface area contributed by atoms with Crippen molar-refractivity contribution in [3.05, 3.63) is 35.6 Å². The van der Waals surface area contributed by atoms with Crippen molar-refractivity contribution in [3.8, 4) is 0 Å². The van der Waals surface area contributed by atoms with E-state index >= 15 is 0 Å². The first-order valence-electron chi connectivity index (χ1n) is 6.31. The van der Waals surface area contributed by atoms with Crippen molar-refractivity contribution in [1.82, 2.24) is 5.32 Å². The normalized spacial score (nSPS) is 22.2. The number of carbonyl (C=O) groups is 2. The maximum absolute atomic E-state index is 12.7. The minimum Gasteiger partial charge on any atom is -0.481 e. The molecule has 1 aromatic carbocycles. The lowest BCUT2D eigenvalue weighted by atomic mass is 10.1. The molecule has 2 unspecified atom stereocenters. The predicted molar refractivity (Wildman–Crippen MR) is 67.0 cm³/mol. The van der Waals surface area contributed by atoms with Gasteiger partial charge in [-0.25, -0.2) is 4.39 Å². The van der Waals surface area contributed by atoms with Gasteiger partial charge in [-0.3, -0.25) is 9.59 Å². The summed E-state index contributed by atoms with van der Waals surface area (Å²) in [6, 6.07) is 5.72. The molecule has 0 aliphatic heterocycles. The number of nitrogens with one attached hydrogen (secondary N) is 1. The Morgan fingerprint density at radius 2 is 1.95 bits per heavy atom. The van der Waals surface area contributed by atoms with Crippen LogP contribution in [0.15, 0.2) is 24.3 Å². The summed E-state index contributed by atoms with van der Waals surface area (Å²) in [4.78, 5) is 22.6. The lowest BCUT2D eigenvalue weighted by Crippen LogP contribution is -2.34. The topological polar surface area (TPSA) is 66.4 Å². The predicted octanol–water partition coefficient (Wildman–Crippen LogP) is 1.74. The van der Waals surface area contributed by atoms with E-state index in [9.17, 15) is 14.0 Å². The summed E-state index contributed by atoms with van der Waals surface area (Å²) in [6.07, 6.45) is 1.99. The van der Waals surface area contributed by atoms with Crippen molar-refractivity contribution in [3.63, 3.8) is 0 Å². The van der Waals surface area contributed by atoms with Crippen molar-refractivity contribution in [1.29, 1.82) is 0 Å². The minimum absolute atomic E-state index is 0.0611. The zero-order valence-corrected chi connectivity index (χ0v) is 10.4. The number of carboxylic acid groups (broad SMARTS) is 1. The molecule has 0 heterocycles. The van der Waals surface area contributed by atoms with E-state index in [1.54, 1.807) is 12.1 Å². The molecule has 1 fully saturated rings. The Balaban J connectivity index is 1.82. The molecule has 2 atom stereocenters. The molecule has 4 nitrogen and oxygen atoms in total. The van der Waals surface area contributed by atoms with E-state index in [2.05, 4.69) is 5.32 Å². The molecule has 0 radical (unpaired) electrons. The van der Waals surface area contributed by atoms with Gasteiger partial charge in [-0.05, 0) is 37.0 Å². The smallest absolute Gasteiger partial charge is 0.306 e. The zero-order valence-electron chi connectivity index (χ0n) is 10.4. The number of halogens is 1. The van der Waals surface area contributed by atoms with Crippen LogP contribution in [0.4, 0.5) is 4.39 Å². The first kappa shape index (κ1) is 13.5. The van der Waals surface area contributed by atoms with Gasteiger partial charge in [0, 0.05) is 6.04 Å². The van der Waals surface area contributed by atoms with Gasteiger partial charge in [0.05, 0.1) is 12.3 Å². The van der Waals surface area contributed by atoms with Gasteiger partial charge < -0.3 is 10.4 Å². The highest BCUT2D eigenvalue weighted by molar-refractivity contribution is 5.79. The number of hydrogen-bond donors (Lipinski definition) is 2. The van der Waals surface area contributed by atoms with Gasteiger partial charge in [-0.1, -0.05) is 12.1 Å². The Morgan fingerprint density at radius 3 is 2.53 bits per heavy atom. The van der Waals surface area contributed by atoms with Gasteiger partial charge in [-0.15, -0.1) is 0 Å². The SMILES string of the molecule is O=C(Cc1ccc(F)cc1)NC1CCC(C(=O)O)C1. The summed E-state index contributed by atoms with van der Waals surface area (Å²) < 4.78 is 12.7.